The summed E-state index contributed by atoms with van der Waals surface area (Å²) in [6, 6.07) is 0. The Labute approximate surface area is 93.3 Å². The molecule has 0 aliphatic heterocycles. The summed E-state index contributed by atoms with van der Waals surface area (Å²) in [5, 5.41) is 4.16. The summed E-state index contributed by atoms with van der Waals surface area (Å²) in [5.41, 5.74) is 1.18. The monoisotopic (exact) mass is 230 g/mol. The molecular formula is C11H23N2OP. The summed E-state index contributed by atoms with van der Waals surface area (Å²) in [6.07, 6.45) is 5.62. The van der Waals surface area contributed by atoms with Gasteiger partial charge >= 0.3 is 0 Å². The van der Waals surface area contributed by atoms with Gasteiger partial charge < -0.3 is 4.57 Å². The molecule has 1 aromatic rings. The lowest BCUT2D eigenvalue weighted by Gasteiger charge is -2.05. The first-order valence-electron chi connectivity index (χ1n) is 5.50. The van der Waals surface area contributed by atoms with E-state index >= 15 is 0 Å². The van der Waals surface area contributed by atoms with Crippen molar-refractivity contribution in [3.05, 3.63) is 18.0 Å². The first kappa shape index (κ1) is 14.4. The molecule has 0 atom stereocenters. The third-order valence-corrected chi connectivity index (χ3v) is 3.24. The highest BCUT2D eigenvalue weighted by molar-refractivity contribution is 7.62. The van der Waals surface area contributed by atoms with Crippen molar-refractivity contribution < 1.29 is 4.57 Å². The summed E-state index contributed by atoms with van der Waals surface area (Å²) >= 11 is 0. The van der Waals surface area contributed by atoms with Crippen LogP contribution >= 0.6 is 7.14 Å². The van der Waals surface area contributed by atoms with Crippen molar-refractivity contribution in [1.82, 2.24) is 9.78 Å². The smallest absolute Gasteiger partial charge is 0.0820 e. The number of aryl methyl sites for hydroxylation is 2. The Morgan fingerprint density at radius 3 is 2.40 bits per heavy atom. The molecule has 0 aliphatic carbocycles. The summed E-state index contributed by atoms with van der Waals surface area (Å²) < 4.78 is 13.3. The third-order valence-electron chi connectivity index (χ3n) is 1.85. The van der Waals surface area contributed by atoms with Gasteiger partial charge in [-0.05, 0) is 32.2 Å². The number of rotatable bonds is 4. The Bertz CT molecular complexity index is 314. The molecule has 0 radical (unpaired) electrons. The fourth-order valence-electron chi connectivity index (χ4n) is 1.20. The molecule has 1 heterocycles. The van der Waals surface area contributed by atoms with E-state index in [0.29, 0.717) is 0 Å². The molecule has 0 spiro atoms. The molecule has 0 bridgehead atoms. The molecular weight excluding hydrogens is 207 g/mol. The zero-order valence-corrected chi connectivity index (χ0v) is 11.4. The van der Waals surface area contributed by atoms with Gasteiger partial charge in [-0.1, -0.05) is 13.8 Å². The van der Waals surface area contributed by atoms with Crippen molar-refractivity contribution in [2.75, 3.05) is 19.5 Å². The summed E-state index contributed by atoms with van der Waals surface area (Å²) in [6.45, 7) is 10.6. The van der Waals surface area contributed by atoms with E-state index in [1.807, 2.05) is 51.2 Å². The summed E-state index contributed by atoms with van der Waals surface area (Å²) in [7, 11) is -1.84. The average Bonchev–Trinajstić information content (AvgIpc) is 2.53. The van der Waals surface area contributed by atoms with Crippen LogP contribution in [0.4, 0.5) is 0 Å². The molecule has 0 amide bonds. The Balaban J connectivity index is 0.000000921. The highest BCUT2D eigenvalue weighted by Crippen LogP contribution is 2.36. The molecule has 1 rings (SSSR count). The highest BCUT2D eigenvalue weighted by Gasteiger charge is 2.05. The first-order valence-corrected chi connectivity index (χ1v) is 8.29. The van der Waals surface area contributed by atoms with Crippen LogP contribution in [0.15, 0.2) is 12.4 Å². The predicted octanol–water partition coefficient (Wildman–Crippen LogP) is 3.23. The van der Waals surface area contributed by atoms with Gasteiger partial charge in [-0.15, -0.1) is 0 Å². The minimum Gasteiger partial charge on any atom is -0.324 e. The minimum atomic E-state index is -1.84. The van der Waals surface area contributed by atoms with Crippen LogP contribution in [0.5, 0.6) is 0 Å². The van der Waals surface area contributed by atoms with E-state index in [1.165, 1.54) is 5.56 Å². The fourth-order valence-corrected chi connectivity index (χ4v) is 2.11. The van der Waals surface area contributed by atoms with Crippen molar-refractivity contribution in [3.63, 3.8) is 0 Å². The van der Waals surface area contributed by atoms with Crippen molar-refractivity contribution >= 4 is 7.14 Å². The van der Waals surface area contributed by atoms with E-state index in [9.17, 15) is 4.57 Å². The maximum absolute atomic E-state index is 11.4. The van der Waals surface area contributed by atoms with Crippen molar-refractivity contribution in [3.8, 4) is 0 Å². The quantitative estimate of drug-likeness (QED) is 0.744. The van der Waals surface area contributed by atoms with Crippen LogP contribution in [-0.4, -0.2) is 29.3 Å². The SMILES string of the molecule is CC.Cc1cnn(CCCP(C)(C)=O)c1. The van der Waals surface area contributed by atoms with Gasteiger partial charge in [0.1, 0.15) is 0 Å². The molecule has 15 heavy (non-hydrogen) atoms. The van der Waals surface area contributed by atoms with Crippen LogP contribution in [0.25, 0.3) is 0 Å². The fraction of sp³-hybridized carbons (Fsp3) is 0.727. The van der Waals surface area contributed by atoms with E-state index < -0.39 is 7.14 Å². The molecule has 0 saturated carbocycles. The molecule has 88 valence electrons. The molecule has 0 saturated heterocycles. The van der Waals surface area contributed by atoms with Crippen molar-refractivity contribution in [2.24, 2.45) is 0 Å². The van der Waals surface area contributed by atoms with E-state index in [4.69, 9.17) is 0 Å². The number of hydrogen-bond acceptors (Lipinski definition) is 2. The average molecular weight is 230 g/mol. The zero-order valence-electron chi connectivity index (χ0n) is 10.5. The highest BCUT2D eigenvalue weighted by atomic mass is 31.2. The van der Waals surface area contributed by atoms with Crippen LogP contribution in [0, 0.1) is 6.92 Å². The van der Waals surface area contributed by atoms with Crippen molar-refractivity contribution in [2.45, 2.75) is 33.7 Å². The summed E-state index contributed by atoms with van der Waals surface area (Å²) in [5.74, 6) is 0. The normalized spacial score (nSPS) is 10.7. The summed E-state index contributed by atoms with van der Waals surface area (Å²) in [4.78, 5) is 0. The third kappa shape index (κ3) is 7.38. The molecule has 0 unspecified atom stereocenters. The molecule has 0 aromatic carbocycles. The minimum absolute atomic E-state index is 0.811. The van der Waals surface area contributed by atoms with Crippen LogP contribution in [0.2, 0.25) is 0 Å². The Morgan fingerprint density at radius 2 is 2.00 bits per heavy atom. The van der Waals surface area contributed by atoms with Gasteiger partial charge in [0.15, 0.2) is 0 Å². The van der Waals surface area contributed by atoms with Crippen LogP contribution in [0.3, 0.4) is 0 Å². The second-order valence-electron chi connectivity index (χ2n) is 3.93. The van der Waals surface area contributed by atoms with Crippen molar-refractivity contribution in [1.29, 1.82) is 0 Å². The standard InChI is InChI=1S/C9H17N2OP.C2H6/c1-9-7-10-11(8-9)5-4-6-13(2,3)12;1-2/h7-8H,4-6H2,1-3H3;1-2H3. The molecule has 1 aromatic heterocycles. The second-order valence-corrected chi connectivity index (χ2v) is 7.53. The Kier molecular flexibility index (Phi) is 6.58. The lowest BCUT2D eigenvalue weighted by molar-refractivity contribution is 0.568. The number of hydrogen-bond donors (Lipinski definition) is 0. The lowest BCUT2D eigenvalue weighted by atomic mass is 10.4. The van der Waals surface area contributed by atoms with Gasteiger partial charge in [-0.2, -0.15) is 5.10 Å². The van der Waals surface area contributed by atoms with E-state index in [2.05, 4.69) is 5.10 Å². The van der Waals surface area contributed by atoms with E-state index in [0.717, 1.165) is 19.1 Å². The molecule has 3 nitrogen and oxygen atoms in total. The first-order chi connectivity index (χ1) is 6.97. The largest absolute Gasteiger partial charge is 0.324 e. The predicted molar refractivity (Wildman–Crippen MR) is 67.3 cm³/mol. The van der Waals surface area contributed by atoms with Gasteiger partial charge in [0.25, 0.3) is 0 Å². The van der Waals surface area contributed by atoms with Crippen LogP contribution < -0.4 is 0 Å². The van der Waals surface area contributed by atoms with Crippen LogP contribution in [0.1, 0.15) is 25.8 Å². The molecule has 0 N–H and O–H groups in total. The maximum Gasteiger partial charge on any atom is 0.0820 e. The number of aromatic nitrogens is 2. The zero-order chi connectivity index (χ0) is 11.9. The Morgan fingerprint density at radius 1 is 1.40 bits per heavy atom. The maximum atomic E-state index is 11.4. The molecule has 0 fully saturated rings. The van der Waals surface area contributed by atoms with Crippen LogP contribution in [-0.2, 0) is 11.1 Å². The van der Waals surface area contributed by atoms with Gasteiger partial charge in [0.05, 0.1) is 13.3 Å². The van der Waals surface area contributed by atoms with E-state index in [-0.39, 0.29) is 0 Å². The lowest BCUT2D eigenvalue weighted by Crippen LogP contribution is -2.00. The molecule has 0 aliphatic rings. The topological polar surface area (TPSA) is 34.9 Å². The van der Waals surface area contributed by atoms with Gasteiger partial charge in [0, 0.05) is 18.9 Å². The number of nitrogens with zero attached hydrogens (tertiary/aromatic N) is 2. The van der Waals surface area contributed by atoms with Gasteiger partial charge in [0.2, 0.25) is 0 Å². The van der Waals surface area contributed by atoms with Gasteiger partial charge in [-0.25, -0.2) is 0 Å². The second kappa shape index (κ2) is 6.84. The van der Waals surface area contributed by atoms with E-state index in [1.54, 1.807) is 0 Å². The Hall–Kier alpha value is -0.560. The van der Waals surface area contributed by atoms with Gasteiger partial charge in [-0.3, -0.25) is 4.68 Å². The molecule has 4 heteroatoms.